The molecule has 11 heavy (non-hydrogen) atoms. The molecule has 0 saturated heterocycles. The zero-order valence-electron chi connectivity index (χ0n) is 6.13. The van der Waals surface area contributed by atoms with E-state index >= 15 is 0 Å². The van der Waals surface area contributed by atoms with Crippen LogP contribution in [0.15, 0.2) is 12.3 Å². The van der Waals surface area contributed by atoms with Crippen LogP contribution in [0.25, 0.3) is 0 Å². The van der Waals surface area contributed by atoms with Gasteiger partial charge in [0.1, 0.15) is 5.82 Å². The van der Waals surface area contributed by atoms with Gasteiger partial charge in [-0.3, -0.25) is 4.98 Å². The number of rotatable bonds is 1. The number of nitriles is 1. The van der Waals surface area contributed by atoms with E-state index in [2.05, 4.69) is 4.98 Å². The van der Waals surface area contributed by atoms with E-state index in [1.807, 2.05) is 6.07 Å². The SMILES string of the molecule is Cc1nccc(F)c1CC#N. The van der Waals surface area contributed by atoms with Gasteiger partial charge < -0.3 is 0 Å². The summed E-state index contributed by atoms with van der Waals surface area (Å²) >= 11 is 0. The quantitative estimate of drug-likeness (QED) is 0.609. The Bertz CT molecular complexity index is 281. The minimum Gasteiger partial charge on any atom is -0.261 e. The van der Waals surface area contributed by atoms with Gasteiger partial charge in [-0.1, -0.05) is 0 Å². The molecule has 1 heterocycles. The van der Waals surface area contributed by atoms with Gasteiger partial charge in [0, 0.05) is 17.5 Å². The number of aromatic nitrogens is 1. The number of hydrogen-bond donors (Lipinski definition) is 0. The van der Waals surface area contributed by atoms with E-state index in [0.29, 0.717) is 11.3 Å². The summed E-state index contributed by atoms with van der Waals surface area (Å²) in [6, 6.07) is 3.15. The van der Waals surface area contributed by atoms with Crippen LogP contribution in [0.5, 0.6) is 0 Å². The van der Waals surface area contributed by atoms with Crippen LogP contribution in [-0.2, 0) is 6.42 Å². The molecule has 0 fully saturated rings. The largest absolute Gasteiger partial charge is 0.261 e. The Hall–Kier alpha value is -1.43. The van der Waals surface area contributed by atoms with Gasteiger partial charge in [-0.25, -0.2) is 4.39 Å². The van der Waals surface area contributed by atoms with Gasteiger partial charge in [0.2, 0.25) is 0 Å². The Morgan fingerprint density at radius 1 is 1.73 bits per heavy atom. The van der Waals surface area contributed by atoms with Crippen LogP contribution in [0.4, 0.5) is 4.39 Å². The third kappa shape index (κ3) is 1.53. The van der Waals surface area contributed by atoms with Crippen LogP contribution in [-0.4, -0.2) is 4.98 Å². The van der Waals surface area contributed by atoms with Crippen LogP contribution in [0, 0.1) is 24.1 Å². The van der Waals surface area contributed by atoms with Crippen LogP contribution < -0.4 is 0 Å². The average Bonchev–Trinajstić information content (AvgIpc) is 1.97. The predicted octanol–water partition coefficient (Wildman–Crippen LogP) is 1.60. The van der Waals surface area contributed by atoms with Crippen molar-refractivity contribution in [2.75, 3.05) is 0 Å². The van der Waals surface area contributed by atoms with Gasteiger partial charge in [0.25, 0.3) is 0 Å². The second-order valence-electron chi connectivity index (χ2n) is 2.19. The fraction of sp³-hybridized carbons (Fsp3) is 0.250. The van der Waals surface area contributed by atoms with Crippen molar-refractivity contribution in [3.8, 4) is 6.07 Å². The maximum absolute atomic E-state index is 12.8. The molecule has 56 valence electrons. The van der Waals surface area contributed by atoms with Crippen LogP contribution in [0.2, 0.25) is 0 Å². The minimum absolute atomic E-state index is 0.0888. The predicted molar refractivity (Wildman–Crippen MR) is 38.2 cm³/mol. The third-order valence-electron chi connectivity index (χ3n) is 1.47. The van der Waals surface area contributed by atoms with Crippen molar-refractivity contribution in [3.05, 3.63) is 29.3 Å². The topological polar surface area (TPSA) is 36.7 Å². The standard InChI is InChI=1S/C8H7FN2/c1-6-7(2-4-10)8(9)3-5-11-6/h3,5H,2H2,1H3. The molecule has 1 rings (SSSR count). The molecular formula is C8H7FN2. The fourth-order valence-electron chi connectivity index (χ4n) is 0.857. The van der Waals surface area contributed by atoms with Crippen molar-refractivity contribution < 1.29 is 4.39 Å². The summed E-state index contributed by atoms with van der Waals surface area (Å²) < 4.78 is 12.8. The summed E-state index contributed by atoms with van der Waals surface area (Å²) in [6.07, 6.45) is 1.48. The number of nitrogens with zero attached hydrogens (tertiary/aromatic N) is 2. The highest BCUT2D eigenvalue weighted by atomic mass is 19.1. The van der Waals surface area contributed by atoms with Crippen molar-refractivity contribution in [1.82, 2.24) is 4.98 Å². The lowest BCUT2D eigenvalue weighted by Crippen LogP contribution is -1.95. The van der Waals surface area contributed by atoms with Gasteiger partial charge in [0.15, 0.2) is 0 Å². The molecule has 0 amide bonds. The van der Waals surface area contributed by atoms with Gasteiger partial charge >= 0.3 is 0 Å². The zero-order valence-corrected chi connectivity index (χ0v) is 6.13. The Kier molecular flexibility index (Phi) is 2.17. The molecule has 1 aromatic heterocycles. The maximum Gasteiger partial charge on any atom is 0.130 e. The molecule has 0 aromatic carbocycles. The first kappa shape index (κ1) is 7.67. The second kappa shape index (κ2) is 3.11. The molecular weight excluding hydrogens is 143 g/mol. The van der Waals surface area contributed by atoms with Crippen molar-refractivity contribution in [3.63, 3.8) is 0 Å². The number of pyridine rings is 1. The molecule has 1 aromatic rings. The third-order valence-corrected chi connectivity index (χ3v) is 1.47. The summed E-state index contributed by atoms with van der Waals surface area (Å²) in [5.74, 6) is -0.348. The maximum atomic E-state index is 12.8. The van der Waals surface area contributed by atoms with Crippen LogP contribution in [0.3, 0.4) is 0 Å². The number of aryl methyl sites for hydroxylation is 1. The molecule has 0 aliphatic heterocycles. The van der Waals surface area contributed by atoms with Gasteiger partial charge in [-0.15, -0.1) is 0 Å². The molecule has 0 atom stereocenters. The number of hydrogen-bond acceptors (Lipinski definition) is 2. The van der Waals surface area contributed by atoms with Gasteiger partial charge in [0.05, 0.1) is 12.5 Å². The van der Waals surface area contributed by atoms with E-state index in [0.717, 1.165) is 0 Å². The molecule has 0 bridgehead atoms. The summed E-state index contributed by atoms with van der Waals surface area (Å²) in [4.78, 5) is 3.87. The summed E-state index contributed by atoms with van der Waals surface area (Å²) in [5, 5.41) is 8.32. The molecule has 3 heteroatoms. The molecule has 0 N–H and O–H groups in total. The summed E-state index contributed by atoms with van der Waals surface area (Å²) in [6.45, 7) is 1.69. The van der Waals surface area contributed by atoms with Gasteiger partial charge in [-0.2, -0.15) is 5.26 Å². The Morgan fingerprint density at radius 3 is 3.00 bits per heavy atom. The van der Waals surface area contributed by atoms with Crippen LogP contribution in [0.1, 0.15) is 11.3 Å². The first-order valence-corrected chi connectivity index (χ1v) is 3.22. The lowest BCUT2D eigenvalue weighted by Gasteiger charge is -1.99. The van der Waals surface area contributed by atoms with Crippen molar-refractivity contribution in [2.24, 2.45) is 0 Å². The van der Waals surface area contributed by atoms with Crippen molar-refractivity contribution in [1.29, 1.82) is 5.26 Å². The highest BCUT2D eigenvalue weighted by Gasteiger charge is 2.04. The molecule has 0 aliphatic carbocycles. The van der Waals surface area contributed by atoms with E-state index in [1.165, 1.54) is 12.3 Å². The first-order chi connectivity index (χ1) is 5.25. The van der Waals surface area contributed by atoms with E-state index in [4.69, 9.17) is 5.26 Å². The first-order valence-electron chi connectivity index (χ1n) is 3.22. The Balaban J connectivity index is 3.12. The fourth-order valence-corrected chi connectivity index (χ4v) is 0.857. The van der Waals surface area contributed by atoms with Gasteiger partial charge in [-0.05, 0) is 13.0 Å². The van der Waals surface area contributed by atoms with E-state index in [-0.39, 0.29) is 12.2 Å². The smallest absolute Gasteiger partial charge is 0.130 e. The molecule has 0 radical (unpaired) electrons. The molecule has 0 aliphatic rings. The average molecular weight is 150 g/mol. The van der Waals surface area contributed by atoms with E-state index < -0.39 is 0 Å². The van der Waals surface area contributed by atoms with Crippen molar-refractivity contribution >= 4 is 0 Å². The summed E-state index contributed by atoms with van der Waals surface area (Å²) in [5.41, 5.74) is 0.988. The van der Waals surface area contributed by atoms with Crippen LogP contribution >= 0.6 is 0 Å². The molecule has 0 unspecified atom stereocenters. The van der Waals surface area contributed by atoms with Crippen molar-refractivity contribution in [2.45, 2.75) is 13.3 Å². The normalized spacial score (nSPS) is 9.18. The Labute approximate surface area is 64.3 Å². The number of halogens is 1. The second-order valence-corrected chi connectivity index (χ2v) is 2.19. The monoisotopic (exact) mass is 150 g/mol. The van der Waals surface area contributed by atoms with E-state index in [9.17, 15) is 4.39 Å². The summed E-state index contributed by atoms with van der Waals surface area (Å²) in [7, 11) is 0. The molecule has 0 spiro atoms. The zero-order chi connectivity index (χ0) is 8.27. The minimum atomic E-state index is -0.348. The highest BCUT2D eigenvalue weighted by Crippen LogP contribution is 2.09. The molecule has 0 saturated carbocycles. The molecule has 2 nitrogen and oxygen atoms in total. The lowest BCUT2D eigenvalue weighted by molar-refractivity contribution is 0.610. The van der Waals surface area contributed by atoms with E-state index in [1.54, 1.807) is 6.92 Å². The highest BCUT2D eigenvalue weighted by molar-refractivity contribution is 5.23. The lowest BCUT2D eigenvalue weighted by atomic mass is 10.1. The Morgan fingerprint density at radius 2 is 2.45 bits per heavy atom.